The summed E-state index contributed by atoms with van der Waals surface area (Å²) < 4.78 is 19.1. The Labute approximate surface area is 173 Å². The second kappa shape index (κ2) is 8.15. The minimum Gasteiger partial charge on any atom is -0.504 e. The van der Waals surface area contributed by atoms with Crippen LogP contribution in [0.1, 0.15) is 28.9 Å². The highest BCUT2D eigenvalue weighted by Gasteiger charge is 2.26. The second-order valence-corrected chi connectivity index (χ2v) is 7.20. The number of halogens is 2. The lowest BCUT2D eigenvalue weighted by Crippen LogP contribution is -2.39. The van der Waals surface area contributed by atoms with Crippen LogP contribution in [0.5, 0.6) is 11.5 Å². The summed E-state index contributed by atoms with van der Waals surface area (Å²) >= 11 is 6.03. The average molecular weight is 411 g/mol. The zero-order valence-electron chi connectivity index (χ0n) is 15.7. The van der Waals surface area contributed by atoms with E-state index in [1.165, 1.54) is 19.2 Å². The van der Waals surface area contributed by atoms with Crippen molar-refractivity contribution in [1.82, 2.24) is 10.6 Å². The number of phenols is 1. The number of nitrogens with one attached hydrogen (secondary N) is 2. The maximum Gasteiger partial charge on any atom is 0.162 e. The number of para-hydroxylation sites is 1. The van der Waals surface area contributed by atoms with Crippen LogP contribution in [0.4, 0.5) is 4.39 Å². The van der Waals surface area contributed by atoms with Crippen LogP contribution in [-0.4, -0.2) is 12.2 Å². The molecule has 2 unspecified atom stereocenters. The predicted molar refractivity (Wildman–Crippen MR) is 112 cm³/mol. The van der Waals surface area contributed by atoms with Gasteiger partial charge in [0.15, 0.2) is 11.5 Å². The fourth-order valence-corrected chi connectivity index (χ4v) is 3.57. The molecule has 0 saturated heterocycles. The third kappa shape index (κ3) is 4.06. The average Bonchev–Trinajstić information content (AvgIpc) is 2.74. The van der Waals surface area contributed by atoms with E-state index in [-0.39, 0.29) is 23.8 Å². The highest BCUT2D eigenvalue weighted by atomic mass is 35.5. The first-order chi connectivity index (χ1) is 14.0. The number of hydrogen-bond acceptors (Lipinski definition) is 4. The molecule has 4 rings (SSSR count). The van der Waals surface area contributed by atoms with Crippen molar-refractivity contribution in [1.29, 1.82) is 0 Å². The largest absolute Gasteiger partial charge is 0.504 e. The molecule has 0 spiro atoms. The van der Waals surface area contributed by atoms with Gasteiger partial charge in [-0.3, -0.25) is 5.32 Å². The van der Waals surface area contributed by atoms with Crippen molar-refractivity contribution in [3.63, 3.8) is 0 Å². The lowest BCUT2D eigenvalue weighted by molar-refractivity contribution is 0.363. The second-order valence-electron chi connectivity index (χ2n) is 6.76. The molecule has 0 saturated carbocycles. The third-order valence-corrected chi connectivity index (χ3v) is 5.15. The summed E-state index contributed by atoms with van der Waals surface area (Å²) in [5, 5.41) is 18.1. The molecule has 0 fully saturated rings. The molecule has 29 heavy (non-hydrogen) atoms. The number of benzene rings is 3. The molecule has 4 nitrogen and oxygen atoms in total. The van der Waals surface area contributed by atoms with E-state index in [1.807, 2.05) is 48.5 Å². The van der Waals surface area contributed by atoms with Gasteiger partial charge in [0.25, 0.3) is 0 Å². The summed E-state index contributed by atoms with van der Waals surface area (Å²) in [6.07, 6.45) is 1.62. The number of phenolic OH excluding ortho intramolecular Hbond substituents is 1. The lowest BCUT2D eigenvalue weighted by atomic mass is 9.97. The van der Waals surface area contributed by atoms with E-state index < -0.39 is 0 Å². The van der Waals surface area contributed by atoms with Crippen molar-refractivity contribution < 1.29 is 14.2 Å². The molecule has 0 bridgehead atoms. The third-order valence-electron chi connectivity index (χ3n) is 4.90. The molecular weight excluding hydrogens is 391 g/mol. The Bertz CT molecular complexity index is 1050. The first-order valence-electron chi connectivity index (χ1n) is 9.17. The summed E-state index contributed by atoms with van der Waals surface area (Å²) in [7, 11) is 1.51. The molecule has 6 heteroatoms. The van der Waals surface area contributed by atoms with Gasteiger partial charge in [0, 0.05) is 16.3 Å². The normalized spacial score (nSPS) is 18.7. The molecule has 1 aliphatic rings. The first kappa shape index (κ1) is 19.3. The van der Waals surface area contributed by atoms with Crippen LogP contribution in [0, 0.1) is 5.82 Å². The molecule has 3 aromatic rings. The lowest BCUT2D eigenvalue weighted by Gasteiger charge is -2.33. The van der Waals surface area contributed by atoms with Gasteiger partial charge in [0.1, 0.15) is 12.0 Å². The van der Waals surface area contributed by atoms with Gasteiger partial charge in [-0.15, -0.1) is 0 Å². The summed E-state index contributed by atoms with van der Waals surface area (Å²) in [6, 6.07) is 18.9. The summed E-state index contributed by atoms with van der Waals surface area (Å²) in [4.78, 5) is 0. The highest BCUT2D eigenvalue weighted by Crippen LogP contribution is 2.37. The van der Waals surface area contributed by atoms with Crippen LogP contribution >= 0.6 is 11.6 Å². The number of methoxy groups -OCH3 is 1. The fourth-order valence-electron chi connectivity index (χ4n) is 3.45. The van der Waals surface area contributed by atoms with Crippen molar-refractivity contribution in [3.05, 3.63) is 100 Å². The Hall–Kier alpha value is -3.02. The smallest absolute Gasteiger partial charge is 0.162 e. The summed E-state index contributed by atoms with van der Waals surface area (Å²) in [6.45, 7) is 0. The van der Waals surface area contributed by atoms with E-state index in [1.54, 1.807) is 12.1 Å². The van der Waals surface area contributed by atoms with Crippen LogP contribution in [0.15, 0.2) is 72.8 Å². The van der Waals surface area contributed by atoms with Crippen LogP contribution in [0.3, 0.4) is 0 Å². The van der Waals surface area contributed by atoms with E-state index in [0.717, 1.165) is 16.8 Å². The van der Waals surface area contributed by atoms with Crippen LogP contribution < -0.4 is 15.4 Å². The molecule has 1 heterocycles. The Morgan fingerprint density at radius 2 is 1.79 bits per heavy atom. The zero-order chi connectivity index (χ0) is 20.4. The van der Waals surface area contributed by atoms with Gasteiger partial charge in [-0.05, 0) is 47.5 Å². The highest BCUT2D eigenvalue weighted by molar-refractivity contribution is 6.30. The maximum absolute atomic E-state index is 13.8. The van der Waals surface area contributed by atoms with Crippen LogP contribution in [0.2, 0.25) is 5.02 Å². The maximum atomic E-state index is 13.8. The molecular formula is C23H20ClFN2O2. The van der Waals surface area contributed by atoms with E-state index in [2.05, 4.69) is 10.6 Å². The summed E-state index contributed by atoms with van der Waals surface area (Å²) in [5.41, 5.74) is 3.20. The Morgan fingerprint density at radius 3 is 2.52 bits per heavy atom. The van der Waals surface area contributed by atoms with E-state index in [0.29, 0.717) is 16.3 Å². The van der Waals surface area contributed by atoms with Gasteiger partial charge < -0.3 is 15.2 Å². The number of ether oxygens (including phenoxy) is 1. The Balaban J connectivity index is 1.78. The Morgan fingerprint density at radius 1 is 1.03 bits per heavy atom. The minimum atomic E-state index is -0.364. The van der Waals surface area contributed by atoms with Crippen molar-refractivity contribution in [2.45, 2.75) is 12.2 Å². The molecule has 0 radical (unpaired) electrons. The fraction of sp³-hybridized carbons (Fsp3) is 0.130. The zero-order valence-corrected chi connectivity index (χ0v) is 16.5. The quantitative estimate of drug-likeness (QED) is 0.555. The molecule has 2 atom stereocenters. The first-order valence-corrected chi connectivity index (χ1v) is 9.54. The Kier molecular flexibility index (Phi) is 5.43. The standard InChI is InChI=1S/C23H20ClFN2O2/c1-29-21-7-3-6-18(22(21)28)20-13-19(14-8-10-16(24)11-9-14)26-23(27-20)15-4-2-5-17(25)12-15/h2-13,20,23,26-28H,1H3. The molecule has 0 aromatic heterocycles. The van der Waals surface area contributed by atoms with Gasteiger partial charge in [-0.2, -0.15) is 0 Å². The number of hydrogen-bond donors (Lipinski definition) is 3. The van der Waals surface area contributed by atoms with Gasteiger partial charge in [-0.25, -0.2) is 4.39 Å². The number of rotatable bonds is 4. The van der Waals surface area contributed by atoms with Gasteiger partial charge in [-0.1, -0.05) is 48.0 Å². The van der Waals surface area contributed by atoms with Crippen molar-refractivity contribution in [3.8, 4) is 11.5 Å². The van der Waals surface area contributed by atoms with E-state index >= 15 is 0 Å². The van der Waals surface area contributed by atoms with E-state index in [4.69, 9.17) is 16.3 Å². The molecule has 3 N–H and O–H groups in total. The SMILES string of the molecule is COc1cccc(C2C=C(c3ccc(Cl)cc3)NC(c3cccc(F)c3)N2)c1O. The predicted octanol–water partition coefficient (Wildman–Crippen LogP) is 5.17. The minimum absolute atomic E-state index is 0.0686. The van der Waals surface area contributed by atoms with Crippen LogP contribution in [0.25, 0.3) is 5.70 Å². The van der Waals surface area contributed by atoms with Gasteiger partial charge >= 0.3 is 0 Å². The molecule has 0 amide bonds. The van der Waals surface area contributed by atoms with Crippen molar-refractivity contribution in [2.75, 3.05) is 7.11 Å². The molecule has 1 aliphatic heterocycles. The number of aromatic hydroxyl groups is 1. The van der Waals surface area contributed by atoms with Crippen LogP contribution in [-0.2, 0) is 0 Å². The van der Waals surface area contributed by atoms with E-state index in [9.17, 15) is 9.50 Å². The molecule has 148 valence electrons. The summed E-state index contributed by atoms with van der Waals surface area (Å²) in [5.74, 6) is 0.153. The van der Waals surface area contributed by atoms with Crippen molar-refractivity contribution >= 4 is 17.3 Å². The monoisotopic (exact) mass is 410 g/mol. The van der Waals surface area contributed by atoms with Gasteiger partial charge in [0.05, 0.1) is 13.2 Å². The van der Waals surface area contributed by atoms with Gasteiger partial charge in [0.2, 0.25) is 0 Å². The molecule has 0 aliphatic carbocycles. The molecule has 3 aromatic carbocycles. The van der Waals surface area contributed by atoms with Crippen molar-refractivity contribution in [2.24, 2.45) is 0 Å². The topological polar surface area (TPSA) is 53.5 Å².